The van der Waals surface area contributed by atoms with Crippen LogP contribution >= 0.6 is 12.4 Å². The van der Waals surface area contributed by atoms with Crippen LogP contribution in [-0.4, -0.2) is 60.5 Å². The van der Waals surface area contributed by atoms with E-state index >= 15 is 0 Å². The van der Waals surface area contributed by atoms with E-state index in [0.717, 1.165) is 56.2 Å². The third kappa shape index (κ3) is 5.18. The molecule has 0 radical (unpaired) electrons. The van der Waals surface area contributed by atoms with E-state index in [9.17, 15) is 4.79 Å². The highest BCUT2D eigenvalue weighted by Crippen LogP contribution is 2.14. The molecule has 1 saturated heterocycles. The van der Waals surface area contributed by atoms with Gasteiger partial charge in [0, 0.05) is 56.6 Å². The summed E-state index contributed by atoms with van der Waals surface area (Å²) in [6.45, 7) is 4.35. The molecule has 2 heterocycles. The quantitative estimate of drug-likeness (QED) is 0.821. The smallest absolute Gasteiger partial charge is 0.253 e. The monoisotopic (exact) mass is 361 g/mol. The fourth-order valence-corrected chi connectivity index (χ4v) is 2.91. The van der Waals surface area contributed by atoms with Gasteiger partial charge in [0.15, 0.2) is 0 Å². The molecular formula is C19H24ClN3O2. The summed E-state index contributed by atoms with van der Waals surface area (Å²) in [7, 11) is 1.63. The van der Waals surface area contributed by atoms with E-state index in [2.05, 4.69) is 16.0 Å². The SMILES string of the molecule is COc1ccc(C(=O)N2CCN(CCc3ccccn3)CC2)cc1.Cl. The van der Waals surface area contributed by atoms with Crippen LogP contribution in [0.1, 0.15) is 16.1 Å². The Morgan fingerprint density at radius 1 is 1.08 bits per heavy atom. The largest absolute Gasteiger partial charge is 0.497 e. The molecule has 1 aromatic heterocycles. The van der Waals surface area contributed by atoms with Gasteiger partial charge in [0.1, 0.15) is 5.75 Å². The first kappa shape index (κ1) is 19.2. The highest BCUT2D eigenvalue weighted by Gasteiger charge is 2.21. The number of hydrogen-bond acceptors (Lipinski definition) is 4. The van der Waals surface area contributed by atoms with Gasteiger partial charge < -0.3 is 9.64 Å². The number of carbonyl (C=O) groups excluding carboxylic acids is 1. The van der Waals surface area contributed by atoms with Crippen molar-refractivity contribution in [3.05, 3.63) is 59.9 Å². The summed E-state index contributed by atoms with van der Waals surface area (Å²) in [6, 6.07) is 13.3. The number of nitrogens with zero attached hydrogens (tertiary/aromatic N) is 3. The normalized spacial score (nSPS) is 14.7. The lowest BCUT2D eigenvalue weighted by atomic mass is 10.1. The van der Waals surface area contributed by atoms with Crippen LogP contribution in [0, 0.1) is 0 Å². The fourth-order valence-electron chi connectivity index (χ4n) is 2.91. The number of rotatable bonds is 5. The maximum Gasteiger partial charge on any atom is 0.253 e. The molecule has 1 aliphatic rings. The van der Waals surface area contributed by atoms with Gasteiger partial charge in [-0.1, -0.05) is 6.07 Å². The predicted octanol–water partition coefficient (Wildman–Crippen LogP) is 2.51. The molecule has 134 valence electrons. The van der Waals surface area contributed by atoms with Gasteiger partial charge in [-0.15, -0.1) is 12.4 Å². The molecule has 3 rings (SSSR count). The van der Waals surface area contributed by atoms with Crippen molar-refractivity contribution in [1.29, 1.82) is 0 Å². The van der Waals surface area contributed by atoms with Gasteiger partial charge in [0.05, 0.1) is 7.11 Å². The molecule has 0 saturated carbocycles. The number of benzene rings is 1. The Morgan fingerprint density at radius 3 is 2.40 bits per heavy atom. The zero-order chi connectivity index (χ0) is 16.8. The Kier molecular flexibility index (Phi) is 7.22. The summed E-state index contributed by atoms with van der Waals surface area (Å²) in [4.78, 5) is 21.2. The van der Waals surface area contributed by atoms with Gasteiger partial charge >= 0.3 is 0 Å². The fraction of sp³-hybridized carbons (Fsp3) is 0.368. The maximum absolute atomic E-state index is 12.5. The van der Waals surface area contributed by atoms with Crippen molar-refractivity contribution in [3.8, 4) is 5.75 Å². The van der Waals surface area contributed by atoms with Crippen LogP contribution in [0.5, 0.6) is 5.75 Å². The Hall–Kier alpha value is -2.11. The summed E-state index contributed by atoms with van der Waals surface area (Å²) < 4.78 is 5.14. The van der Waals surface area contributed by atoms with E-state index in [1.54, 1.807) is 7.11 Å². The zero-order valence-corrected chi connectivity index (χ0v) is 15.2. The van der Waals surface area contributed by atoms with Gasteiger partial charge in [-0.25, -0.2) is 0 Å². The van der Waals surface area contributed by atoms with Crippen LogP contribution in [0.25, 0.3) is 0 Å². The van der Waals surface area contributed by atoms with Gasteiger partial charge in [0.25, 0.3) is 5.91 Å². The predicted molar refractivity (Wildman–Crippen MR) is 101 cm³/mol. The van der Waals surface area contributed by atoms with Crippen molar-refractivity contribution in [3.63, 3.8) is 0 Å². The minimum Gasteiger partial charge on any atom is -0.497 e. The molecule has 0 spiro atoms. The minimum atomic E-state index is 0. The lowest BCUT2D eigenvalue weighted by Gasteiger charge is -2.34. The van der Waals surface area contributed by atoms with Gasteiger partial charge in [-0.2, -0.15) is 0 Å². The Bertz CT molecular complexity index is 656. The second kappa shape index (κ2) is 9.39. The molecule has 1 fully saturated rings. The number of methoxy groups -OCH3 is 1. The molecule has 0 bridgehead atoms. The summed E-state index contributed by atoms with van der Waals surface area (Å²) in [5.74, 6) is 0.868. The van der Waals surface area contributed by atoms with E-state index in [-0.39, 0.29) is 18.3 Å². The summed E-state index contributed by atoms with van der Waals surface area (Å²) in [6.07, 6.45) is 2.79. The molecule has 0 atom stereocenters. The molecular weight excluding hydrogens is 338 g/mol. The van der Waals surface area contributed by atoms with E-state index in [1.807, 2.05) is 47.5 Å². The van der Waals surface area contributed by atoms with Crippen LogP contribution in [-0.2, 0) is 6.42 Å². The topological polar surface area (TPSA) is 45.7 Å². The average Bonchev–Trinajstić information content (AvgIpc) is 2.67. The van der Waals surface area contributed by atoms with E-state index in [0.29, 0.717) is 0 Å². The first-order valence-electron chi connectivity index (χ1n) is 8.32. The van der Waals surface area contributed by atoms with Gasteiger partial charge in [0.2, 0.25) is 0 Å². The number of pyridine rings is 1. The zero-order valence-electron chi connectivity index (χ0n) is 14.4. The Labute approximate surface area is 155 Å². The maximum atomic E-state index is 12.5. The molecule has 1 aliphatic heterocycles. The lowest BCUT2D eigenvalue weighted by molar-refractivity contribution is 0.0638. The van der Waals surface area contributed by atoms with Gasteiger partial charge in [-0.3, -0.25) is 14.7 Å². The standard InChI is InChI=1S/C19H23N3O2.ClH/c1-24-18-7-5-16(6-8-18)19(23)22-14-12-21(13-15-22)11-9-17-4-2-3-10-20-17;/h2-8,10H,9,11-15H2,1H3;1H. The minimum absolute atomic E-state index is 0. The molecule has 25 heavy (non-hydrogen) atoms. The summed E-state index contributed by atoms with van der Waals surface area (Å²) in [5.41, 5.74) is 1.84. The molecule has 1 aromatic carbocycles. The number of amides is 1. The van der Waals surface area contributed by atoms with Gasteiger partial charge in [-0.05, 0) is 36.4 Å². The van der Waals surface area contributed by atoms with Crippen molar-refractivity contribution in [2.75, 3.05) is 39.8 Å². The first-order chi connectivity index (χ1) is 11.8. The lowest BCUT2D eigenvalue weighted by Crippen LogP contribution is -2.49. The molecule has 0 aliphatic carbocycles. The first-order valence-corrected chi connectivity index (χ1v) is 8.32. The van der Waals surface area contributed by atoms with E-state index < -0.39 is 0 Å². The number of aromatic nitrogens is 1. The van der Waals surface area contributed by atoms with Crippen LogP contribution < -0.4 is 4.74 Å². The molecule has 0 unspecified atom stereocenters. The van der Waals surface area contributed by atoms with Crippen molar-refractivity contribution in [2.24, 2.45) is 0 Å². The number of ether oxygens (including phenoxy) is 1. The highest BCUT2D eigenvalue weighted by molar-refractivity contribution is 5.94. The van der Waals surface area contributed by atoms with Crippen LogP contribution in [0.3, 0.4) is 0 Å². The van der Waals surface area contributed by atoms with Crippen molar-refractivity contribution >= 4 is 18.3 Å². The third-order valence-corrected chi connectivity index (χ3v) is 4.41. The van der Waals surface area contributed by atoms with Crippen LogP contribution in [0.15, 0.2) is 48.7 Å². The number of piperazine rings is 1. The Balaban J connectivity index is 0.00000225. The van der Waals surface area contributed by atoms with E-state index in [1.165, 1.54) is 0 Å². The number of carbonyl (C=O) groups is 1. The summed E-state index contributed by atoms with van der Waals surface area (Å²) >= 11 is 0. The molecule has 2 aromatic rings. The van der Waals surface area contributed by atoms with Crippen molar-refractivity contribution in [2.45, 2.75) is 6.42 Å². The molecule has 5 nitrogen and oxygen atoms in total. The highest BCUT2D eigenvalue weighted by atomic mass is 35.5. The third-order valence-electron chi connectivity index (χ3n) is 4.41. The second-order valence-corrected chi connectivity index (χ2v) is 5.93. The number of hydrogen-bond donors (Lipinski definition) is 0. The van der Waals surface area contributed by atoms with Crippen molar-refractivity contribution < 1.29 is 9.53 Å². The molecule has 0 N–H and O–H groups in total. The number of halogens is 1. The average molecular weight is 362 g/mol. The Morgan fingerprint density at radius 2 is 1.80 bits per heavy atom. The van der Waals surface area contributed by atoms with Crippen molar-refractivity contribution in [1.82, 2.24) is 14.8 Å². The van der Waals surface area contributed by atoms with E-state index in [4.69, 9.17) is 4.74 Å². The molecule has 1 amide bonds. The van der Waals surface area contributed by atoms with Crippen LogP contribution in [0.2, 0.25) is 0 Å². The second-order valence-electron chi connectivity index (χ2n) is 5.93. The summed E-state index contributed by atoms with van der Waals surface area (Å²) in [5, 5.41) is 0. The molecule has 6 heteroatoms. The van der Waals surface area contributed by atoms with Crippen LogP contribution in [0.4, 0.5) is 0 Å².